The fraction of sp³-hybridized carbons (Fsp3) is 1.00. The molecule has 38 heavy (non-hydrogen) atoms. The minimum absolute atomic E-state index is 1.40. The first kappa shape index (κ1) is 36.9. The molecule has 28 heteroatoms. The summed E-state index contributed by atoms with van der Waals surface area (Å²) in [7, 11) is -13.9. The van der Waals surface area contributed by atoms with E-state index in [1.54, 1.807) is 0 Å². The molecule has 0 spiro atoms. The monoisotopic (exact) mass is 672 g/mol. The van der Waals surface area contributed by atoms with Gasteiger partial charge in [0.05, 0.1) is 10.8 Å². The summed E-state index contributed by atoms with van der Waals surface area (Å²) in [5, 5.41) is 0. The lowest BCUT2D eigenvalue weighted by molar-refractivity contribution is -0.447. The van der Waals surface area contributed by atoms with Crippen LogP contribution < -0.4 is 0 Å². The number of hydrogen-bond acceptors (Lipinski definition) is 3. The smallest absolute Gasteiger partial charge is 0.231 e. The van der Waals surface area contributed by atoms with Gasteiger partial charge in [-0.3, -0.25) is 0 Å². The van der Waals surface area contributed by atoms with E-state index in [1.165, 1.54) is 8.37 Å². The van der Waals surface area contributed by atoms with Gasteiger partial charge < -0.3 is 0 Å². The Hall–Kier alpha value is -1.06. The van der Waals surface area contributed by atoms with Crippen LogP contribution in [0.2, 0.25) is 0 Å². The Morgan fingerprint density at radius 1 is 0.342 bits per heavy atom. The molecule has 0 aromatic heterocycles. The molecule has 0 saturated heterocycles. The van der Waals surface area contributed by atoms with Gasteiger partial charge in [-0.15, -0.1) is 0 Å². The Labute approximate surface area is 194 Å². The van der Waals surface area contributed by atoms with Gasteiger partial charge in [-0.1, -0.05) is 0 Å². The number of alkyl halides is 24. The van der Waals surface area contributed by atoms with Gasteiger partial charge in [-0.2, -0.15) is 105 Å². The summed E-state index contributed by atoms with van der Waals surface area (Å²) in [6, 6.07) is 0. The Morgan fingerprint density at radius 2 is 0.526 bits per heavy atom. The third-order valence-electron chi connectivity index (χ3n) is 3.35. The van der Waals surface area contributed by atoms with Crippen LogP contribution in [-0.4, -0.2) is 59.3 Å². The van der Waals surface area contributed by atoms with Crippen molar-refractivity contribution in [3.63, 3.8) is 0 Å². The van der Waals surface area contributed by atoms with Crippen molar-refractivity contribution in [3.8, 4) is 0 Å². The van der Waals surface area contributed by atoms with Crippen LogP contribution in [0.25, 0.3) is 0 Å². The van der Waals surface area contributed by atoms with Crippen LogP contribution in [0.1, 0.15) is 0 Å². The maximum absolute atomic E-state index is 13.4. The van der Waals surface area contributed by atoms with Crippen LogP contribution in [0.4, 0.5) is 105 Å². The maximum atomic E-state index is 13.4. The fourth-order valence-electron chi connectivity index (χ4n) is 1.89. The van der Waals surface area contributed by atoms with Gasteiger partial charge in [0, 0.05) is 0 Å². The van der Waals surface area contributed by atoms with Crippen molar-refractivity contribution < 1.29 is 114 Å². The topological polar surface area (TPSA) is 18.5 Å². The van der Waals surface area contributed by atoms with Crippen LogP contribution >= 0.6 is 20.4 Å². The van der Waals surface area contributed by atoms with Crippen LogP contribution in [-0.2, 0) is 8.37 Å². The maximum Gasteiger partial charge on any atom is 0.506 e. The molecule has 2 nitrogen and oxygen atoms in total. The SMILES string of the molecule is FC(F)(F)SS(OC(C(F)(F)F)(C(F)(F)F)C(F)(F)F)(OC(C(F)(F)F)(C(F)(F)F)C(F)(F)F)C(F)(F)F. The van der Waals surface area contributed by atoms with Crippen LogP contribution in [0.15, 0.2) is 0 Å². The zero-order valence-electron chi connectivity index (χ0n) is 15.7. The van der Waals surface area contributed by atoms with E-state index in [1.807, 2.05) is 0 Å². The van der Waals surface area contributed by atoms with E-state index in [9.17, 15) is 105 Å². The van der Waals surface area contributed by atoms with E-state index >= 15 is 0 Å². The molecule has 0 aromatic carbocycles. The van der Waals surface area contributed by atoms with Crippen LogP contribution in [0.5, 0.6) is 0 Å². The fourth-order valence-corrected chi connectivity index (χ4v) is 5.60. The normalized spacial score (nSPS) is 17.2. The highest BCUT2D eigenvalue weighted by atomic mass is 33.2. The van der Waals surface area contributed by atoms with Gasteiger partial charge in [-0.05, 0) is 9.62 Å². The van der Waals surface area contributed by atoms with Crippen LogP contribution in [0, 0.1) is 0 Å². The van der Waals surface area contributed by atoms with Gasteiger partial charge in [0.1, 0.15) is 0 Å². The zero-order valence-corrected chi connectivity index (χ0v) is 17.3. The number of halogens is 24. The molecular formula is C10F24O2S2. The van der Waals surface area contributed by atoms with Crippen molar-refractivity contribution in [1.82, 2.24) is 0 Å². The molecule has 0 aromatic rings. The average molecular weight is 672 g/mol. The van der Waals surface area contributed by atoms with Crippen LogP contribution in [0.3, 0.4) is 0 Å². The van der Waals surface area contributed by atoms with E-state index < -0.39 is 79.7 Å². The minimum Gasteiger partial charge on any atom is -0.231 e. The zero-order chi connectivity index (χ0) is 31.6. The van der Waals surface area contributed by atoms with E-state index in [-0.39, 0.29) is 0 Å². The summed E-state index contributed by atoms with van der Waals surface area (Å²) >= 11 is 0. The lowest BCUT2D eigenvalue weighted by Gasteiger charge is -2.52. The van der Waals surface area contributed by atoms with Crippen molar-refractivity contribution in [1.29, 1.82) is 0 Å². The molecule has 0 fully saturated rings. The van der Waals surface area contributed by atoms with Crippen molar-refractivity contribution in [2.75, 3.05) is 0 Å². The molecule has 0 aliphatic heterocycles. The lowest BCUT2D eigenvalue weighted by atomic mass is 10.0. The quantitative estimate of drug-likeness (QED) is 0.215. The summed E-state index contributed by atoms with van der Waals surface area (Å²) in [6.07, 6.45) is -51.7. The molecule has 232 valence electrons. The summed E-state index contributed by atoms with van der Waals surface area (Å²) in [6.45, 7) is 0. The largest absolute Gasteiger partial charge is 0.506 e. The van der Waals surface area contributed by atoms with E-state index in [0.717, 1.165) is 0 Å². The van der Waals surface area contributed by atoms with Gasteiger partial charge >= 0.3 is 59.3 Å². The third-order valence-corrected chi connectivity index (χ3v) is 7.47. The van der Waals surface area contributed by atoms with Crippen molar-refractivity contribution in [2.24, 2.45) is 0 Å². The molecule has 0 rings (SSSR count). The molecule has 0 amide bonds. The molecule has 0 N–H and O–H groups in total. The summed E-state index contributed by atoms with van der Waals surface area (Å²) in [4.78, 5) is 0. The van der Waals surface area contributed by atoms with E-state index in [4.69, 9.17) is 0 Å². The second-order valence-electron chi connectivity index (χ2n) is 5.94. The highest BCUT2D eigenvalue weighted by Crippen LogP contribution is 2.82. The molecule has 0 aliphatic carbocycles. The summed E-state index contributed by atoms with van der Waals surface area (Å²) in [5.41, 5.74) is -33.6. The predicted molar refractivity (Wildman–Crippen MR) is 71.3 cm³/mol. The highest BCUT2D eigenvalue weighted by Gasteiger charge is 2.92. The average Bonchev–Trinajstić information content (AvgIpc) is 2.47. The predicted octanol–water partition coefficient (Wildman–Crippen LogP) is 9.19. The molecule has 0 unspecified atom stereocenters. The first-order chi connectivity index (χ1) is 15.9. The first-order valence-electron chi connectivity index (χ1n) is 7.35. The second-order valence-corrected chi connectivity index (χ2v) is 10.1. The number of hydrogen-bond donors (Lipinski definition) is 0. The van der Waals surface area contributed by atoms with E-state index in [2.05, 4.69) is 0 Å². The molecule has 0 aliphatic rings. The van der Waals surface area contributed by atoms with E-state index in [0.29, 0.717) is 0 Å². The van der Waals surface area contributed by atoms with Gasteiger partial charge in [0.2, 0.25) is 0 Å². The Morgan fingerprint density at radius 3 is 0.632 bits per heavy atom. The first-order valence-corrected chi connectivity index (χ1v) is 10.2. The molecule has 0 heterocycles. The standard InChI is InChI=1S/C10F24O2S2/c11-3(12,13)1(4(14,15)16,5(17,18)19)35-38(10(32,33)34,37-9(29,30)31)36-2(6(20,21)22,7(23,24)25)8(26,27)28. The van der Waals surface area contributed by atoms with Crippen molar-refractivity contribution >= 4 is 20.4 Å². The lowest BCUT2D eigenvalue weighted by Crippen LogP contribution is -2.71. The molecule has 0 bridgehead atoms. The molecular weight excluding hydrogens is 672 g/mol. The molecule has 0 saturated carbocycles. The van der Waals surface area contributed by atoms with Gasteiger partial charge in [0.15, 0.2) is 0 Å². The Bertz CT molecular complexity index is 689. The second kappa shape index (κ2) is 9.51. The summed E-state index contributed by atoms with van der Waals surface area (Å²) < 4.78 is 313. The van der Waals surface area contributed by atoms with Gasteiger partial charge in [-0.25, -0.2) is 8.37 Å². The van der Waals surface area contributed by atoms with Crippen molar-refractivity contribution in [3.05, 3.63) is 0 Å². The molecule has 0 atom stereocenters. The third kappa shape index (κ3) is 6.30. The Kier molecular flexibility index (Phi) is 9.24. The summed E-state index contributed by atoms with van der Waals surface area (Å²) in [5.74, 6) is 0. The minimum atomic E-state index is -9.71. The van der Waals surface area contributed by atoms with Gasteiger partial charge in [0.25, 0.3) is 0 Å². The van der Waals surface area contributed by atoms with Crippen molar-refractivity contribution in [2.45, 2.75) is 59.3 Å². The highest BCUT2D eigenvalue weighted by molar-refractivity contribution is 8.90. The molecule has 0 radical (unpaired) electrons. The Balaban J connectivity index is 8.35. The number of rotatable bonds is 5.